The lowest BCUT2D eigenvalue weighted by Crippen LogP contribution is -2.49. The van der Waals surface area contributed by atoms with Crippen LogP contribution >= 0.6 is 0 Å². The maximum atomic E-state index is 13.3. The van der Waals surface area contributed by atoms with Crippen LogP contribution in [0.15, 0.2) is 59.6 Å². The second-order valence-electron chi connectivity index (χ2n) is 9.11. The van der Waals surface area contributed by atoms with Crippen molar-refractivity contribution >= 4 is 23.2 Å². The van der Waals surface area contributed by atoms with Gasteiger partial charge in [0.15, 0.2) is 0 Å². The minimum atomic E-state index is -1.07. The van der Waals surface area contributed by atoms with Gasteiger partial charge in [0.25, 0.3) is 5.91 Å². The molecule has 176 valence electrons. The Morgan fingerprint density at radius 1 is 1.12 bits per heavy atom. The zero-order valence-electron chi connectivity index (χ0n) is 20.0. The first-order valence-electron chi connectivity index (χ1n) is 11.8. The molecule has 1 heterocycles. The molecule has 0 bridgehead atoms. The SMILES string of the molecule is CCCC[C@H](O)[C@@H](CC(C)C)C(=O)N[C@@H]1N=C(c2ccccc2)c2ccccc2N(C)C1=O. The molecule has 3 rings (SSSR count). The highest BCUT2D eigenvalue weighted by Crippen LogP contribution is 2.27. The van der Waals surface area contributed by atoms with Crippen molar-refractivity contribution in [1.29, 1.82) is 0 Å². The number of carbonyl (C=O) groups is 2. The summed E-state index contributed by atoms with van der Waals surface area (Å²) >= 11 is 0. The first-order valence-corrected chi connectivity index (χ1v) is 11.8. The van der Waals surface area contributed by atoms with Crippen molar-refractivity contribution in [2.45, 2.75) is 58.7 Å². The highest BCUT2D eigenvalue weighted by molar-refractivity contribution is 6.20. The number of nitrogens with zero attached hydrogens (tertiary/aromatic N) is 2. The summed E-state index contributed by atoms with van der Waals surface area (Å²) in [5.41, 5.74) is 3.09. The molecule has 0 unspecified atom stereocenters. The number of aliphatic hydroxyl groups is 1. The number of unbranched alkanes of at least 4 members (excludes halogenated alkanes) is 1. The molecule has 1 aliphatic rings. The van der Waals surface area contributed by atoms with Crippen molar-refractivity contribution in [3.63, 3.8) is 0 Å². The standard InChI is InChI=1S/C27H35N3O3/c1-5-6-16-23(31)21(17-18(2)3)26(32)29-25-27(33)30(4)22-15-11-10-14-20(22)24(28-25)19-12-8-7-9-13-19/h7-15,18,21,23,25,31H,5-6,16-17H2,1-4H3,(H,29,32)/t21-,23+,25+/m1/s1. The highest BCUT2D eigenvalue weighted by atomic mass is 16.3. The minimum absolute atomic E-state index is 0.233. The summed E-state index contributed by atoms with van der Waals surface area (Å²) in [6.07, 6.45) is 1.08. The Morgan fingerprint density at radius 3 is 2.45 bits per heavy atom. The lowest BCUT2D eigenvalue weighted by molar-refractivity contribution is -0.133. The van der Waals surface area contributed by atoms with E-state index in [-0.39, 0.29) is 17.7 Å². The van der Waals surface area contributed by atoms with Crippen LogP contribution in [0.4, 0.5) is 5.69 Å². The number of nitrogens with one attached hydrogen (secondary N) is 1. The van der Waals surface area contributed by atoms with Gasteiger partial charge in [0.05, 0.1) is 23.4 Å². The van der Waals surface area contributed by atoms with Gasteiger partial charge in [0.2, 0.25) is 12.1 Å². The Morgan fingerprint density at radius 2 is 1.79 bits per heavy atom. The fourth-order valence-corrected chi connectivity index (χ4v) is 4.25. The van der Waals surface area contributed by atoms with Gasteiger partial charge >= 0.3 is 0 Å². The molecule has 2 aromatic rings. The molecule has 2 N–H and O–H groups in total. The molecular formula is C27H35N3O3. The summed E-state index contributed by atoms with van der Waals surface area (Å²) in [7, 11) is 1.70. The molecule has 0 aliphatic carbocycles. The summed E-state index contributed by atoms with van der Waals surface area (Å²) in [4.78, 5) is 33.0. The molecule has 0 radical (unpaired) electrons. The molecule has 2 amide bonds. The van der Waals surface area contributed by atoms with Gasteiger partial charge in [-0.1, -0.05) is 82.1 Å². The van der Waals surface area contributed by atoms with Crippen LogP contribution in [0.5, 0.6) is 0 Å². The molecule has 33 heavy (non-hydrogen) atoms. The number of hydrogen-bond acceptors (Lipinski definition) is 4. The third-order valence-corrected chi connectivity index (χ3v) is 6.05. The first kappa shape index (κ1) is 24.6. The fourth-order valence-electron chi connectivity index (χ4n) is 4.25. The lowest BCUT2D eigenvalue weighted by atomic mass is 9.88. The van der Waals surface area contributed by atoms with Gasteiger partial charge in [-0.3, -0.25) is 9.59 Å². The molecule has 2 aromatic carbocycles. The number of amides is 2. The van der Waals surface area contributed by atoms with Crippen molar-refractivity contribution in [3.05, 3.63) is 65.7 Å². The molecule has 0 spiro atoms. The van der Waals surface area contributed by atoms with Gasteiger partial charge in [-0.2, -0.15) is 0 Å². The van der Waals surface area contributed by atoms with E-state index in [4.69, 9.17) is 4.99 Å². The van der Waals surface area contributed by atoms with Crippen LogP contribution in [0.25, 0.3) is 0 Å². The second kappa shape index (κ2) is 11.2. The first-order chi connectivity index (χ1) is 15.8. The second-order valence-corrected chi connectivity index (χ2v) is 9.11. The van der Waals surface area contributed by atoms with Crippen LogP contribution in [0.3, 0.4) is 0 Å². The smallest absolute Gasteiger partial charge is 0.272 e. The highest BCUT2D eigenvalue weighted by Gasteiger charge is 2.34. The maximum absolute atomic E-state index is 13.3. The van der Waals surface area contributed by atoms with E-state index in [0.717, 1.165) is 29.7 Å². The molecule has 0 saturated heterocycles. The zero-order chi connectivity index (χ0) is 24.0. The molecule has 6 nitrogen and oxygen atoms in total. The summed E-state index contributed by atoms with van der Waals surface area (Å²) < 4.78 is 0. The zero-order valence-corrected chi connectivity index (χ0v) is 20.0. The number of anilines is 1. The topological polar surface area (TPSA) is 82.0 Å². The van der Waals surface area contributed by atoms with Crippen molar-refractivity contribution in [2.75, 3.05) is 11.9 Å². The molecular weight excluding hydrogens is 414 g/mol. The number of aliphatic imine (C=N–C) groups is 1. The monoisotopic (exact) mass is 449 g/mol. The summed E-state index contributed by atoms with van der Waals surface area (Å²) in [5.74, 6) is -0.998. The Kier molecular flexibility index (Phi) is 8.39. The molecule has 0 aromatic heterocycles. The normalized spacial score (nSPS) is 17.8. The quantitative estimate of drug-likeness (QED) is 0.603. The molecule has 1 aliphatic heterocycles. The Balaban J connectivity index is 1.97. The van der Waals surface area contributed by atoms with Crippen molar-refractivity contribution < 1.29 is 14.7 Å². The Hall–Kier alpha value is -2.99. The number of benzene rings is 2. The molecule has 6 heteroatoms. The number of fused-ring (bicyclic) bond motifs is 1. The van der Waals surface area contributed by atoms with Crippen molar-refractivity contribution in [3.8, 4) is 0 Å². The number of likely N-dealkylation sites (N-methyl/N-ethyl adjacent to an activating group) is 1. The number of para-hydroxylation sites is 1. The van der Waals surface area contributed by atoms with E-state index < -0.39 is 18.2 Å². The van der Waals surface area contributed by atoms with Crippen molar-refractivity contribution in [1.82, 2.24) is 5.32 Å². The third kappa shape index (κ3) is 5.88. The van der Waals surface area contributed by atoms with Gasteiger partial charge in [-0.15, -0.1) is 0 Å². The maximum Gasteiger partial charge on any atom is 0.272 e. The van der Waals surface area contributed by atoms with Crippen LogP contribution in [0.2, 0.25) is 0 Å². The summed E-state index contributed by atoms with van der Waals surface area (Å²) in [6, 6.07) is 17.3. The molecule has 0 saturated carbocycles. The number of carbonyl (C=O) groups excluding carboxylic acids is 2. The van der Waals surface area contributed by atoms with E-state index >= 15 is 0 Å². The Bertz CT molecular complexity index is 987. The van der Waals surface area contributed by atoms with E-state index in [1.165, 1.54) is 0 Å². The van der Waals surface area contributed by atoms with Gasteiger partial charge in [0, 0.05) is 18.2 Å². The van der Waals surface area contributed by atoms with Crippen LogP contribution in [0.1, 0.15) is 57.6 Å². The largest absolute Gasteiger partial charge is 0.392 e. The fraction of sp³-hybridized carbons (Fsp3) is 0.444. The van der Waals surface area contributed by atoms with E-state index in [9.17, 15) is 14.7 Å². The van der Waals surface area contributed by atoms with Crippen LogP contribution < -0.4 is 10.2 Å². The molecule has 0 fully saturated rings. The van der Waals surface area contributed by atoms with E-state index in [1.807, 2.05) is 68.4 Å². The van der Waals surface area contributed by atoms with E-state index in [2.05, 4.69) is 12.2 Å². The van der Waals surface area contributed by atoms with Gasteiger partial charge in [-0.05, 0) is 24.8 Å². The number of benzodiazepines with no additional fused rings is 1. The average Bonchev–Trinajstić information content (AvgIpc) is 2.92. The van der Waals surface area contributed by atoms with Gasteiger partial charge in [0.1, 0.15) is 0 Å². The predicted octanol–water partition coefficient (Wildman–Crippen LogP) is 4.16. The minimum Gasteiger partial charge on any atom is -0.392 e. The lowest BCUT2D eigenvalue weighted by Gasteiger charge is -2.26. The number of aliphatic hydroxyl groups excluding tert-OH is 1. The average molecular weight is 450 g/mol. The van der Waals surface area contributed by atoms with Crippen LogP contribution in [-0.2, 0) is 9.59 Å². The van der Waals surface area contributed by atoms with Gasteiger partial charge < -0.3 is 15.3 Å². The summed E-state index contributed by atoms with van der Waals surface area (Å²) in [5, 5.41) is 13.6. The summed E-state index contributed by atoms with van der Waals surface area (Å²) in [6.45, 7) is 6.11. The van der Waals surface area contributed by atoms with Gasteiger partial charge in [-0.25, -0.2) is 4.99 Å². The third-order valence-electron chi connectivity index (χ3n) is 6.05. The number of hydrogen-bond donors (Lipinski definition) is 2. The Labute approximate surface area is 196 Å². The van der Waals surface area contributed by atoms with Crippen LogP contribution in [-0.4, -0.2) is 41.9 Å². The van der Waals surface area contributed by atoms with Crippen LogP contribution in [0, 0.1) is 11.8 Å². The van der Waals surface area contributed by atoms with Crippen molar-refractivity contribution in [2.24, 2.45) is 16.8 Å². The number of rotatable bonds is 9. The molecule has 3 atom stereocenters. The van der Waals surface area contributed by atoms with E-state index in [0.29, 0.717) is 18.6 Å². The van der Waals surface area contributed by atoms with E-state index in [1.54, 1.807) is 11.9 Å². The predicted molar refractivity (Wildman–Crippen MR) is 132 cm³/mol.